The molecule has 1 aromatic heterocycles. The molecular formula is C16H14Cl2N4OS. The largest absolute Gasteiger partial charge is 0.496 e. The van der Waals surface area contributed by atoms with Gasteiger partial charge in [0.2, 0.25) is 4.77 Å². The van der Waals surface area contributed by atoms with Gasteiger partial charge in [-0.15, -0.1) is 0 Å². The van der Waals surface area contributed by atoms with Gasteiger partial charge >= 0.3 is 0 Å². The molecule has 3 rings (SSSR count). The summed E-state index contributed by atoms with van der Waals surface area (Å²) in [6, 6.07) is 13.0. The molecule has 124 valence electrons. The number of para-hydroxylation sites is 1. The molecule has 0 radical (unpaired) electrons. The Bertz CT molecular complexity index is 902. The molecule has 2 aromatic carbocycles. The van der Waals surface area contributed by atoms with Gasteiger partial charge in [-0.3, -0.25) is 0 Å². The second kappa shape index (κ2) is 7.25. The van der Waals surface area contributed by atoms with Gasteiger partial charge in [0.25, 0.3) is 0 Å². The van der Waals surface area contributed by atoms with Gasteiger partial charge in [-0.25, -0.2) is 9.77 Å². The number of H-pyrrole nitrogens is 1. The van der Waals surface area contributed by atoms with Crippen molar-refractivity contribution >= 4 is 35.4 Å². The number of rotatable bonds is 5. The van der Waals surface area contributed by atoms with E-state index in [0.717, 1.165) is 11.1 Å². The molecule has 8 heteroatoms. The SMILES string of the molecule is COc1ccccc1-c1n[nH]c(=S)n1NCc1c(Cl)cccc1Cl. The molecule has 0 fully saturated rings. The van der Waals surface area contributed by atoms with Crippen LogP contribution in [0.3, 0.4) is 0 Å². The van der Waals surface area contributed by atoms with Crippen LogP contribution in [0.25, 0.3) is 11.4 Å². The highest BCUT2D eigenvalue weighted by atomic mass is 35.5. The molecule has 0 spiro atoms. The van der Waals surface area contributed by atoms with E-state index in [9.17, 15) is 0 Å². The maximum absolute atomic E-state index is 6.21. The minimum absolute atomic E-state index is 0.397. The predicted octanol–water partition coefficient (Wildman–Crippen LogP) is 4.67. The van der Waals surface area contributed by atoms with E-state index in [-0.39, 0.29) is 0 Å². The topological polar surface area (TPSA) is 54.9 Å². The van der Waals surface area contributed by atoms with E-state index in [1.54, 1.807) is 30.0 Å². The number of ether oxygens (including phenoxy) is 1. The van der Waals surface area contributed by atoms with Gasteiger partial charge in [0, 0.05) is 15.6 Å². The predicted molar refractivity (Wildman–Crippen MR) is 98.9 cm³/mol. The lowest BCUT2D eigenvalue weighted by atomic mass is 10.2. The van der Waals surface area contributed by atoms with Crippen LogP contribution in [-0.2, 0) is 6.54 Å². The lowest BCUT2D eigenvalue weighted by Gasteiger charge is -2.13. The second-order valence-electron chi connectivity index (χ2n) is 4.92. The van der Waals surface area contributed by atoms with Gasteiger partial charge in [0.05, 0.1) is 19.2 Å². The summed E-state index contributed by atoms with van der Waals surface area (Å²) in [5.41, 5.74) is 4.80. The minimum atomic E-state index is 0.397. The summed E-state index contributed by atoms with van der Waals surface area (Å²) in [5.74, 6) is 1.31. The van der Waals surface area contributed by atoms with Gasteiger partial charge in [-0.2, -0.15) is 5.10 Å². The van der Waals surface area contributed by atoms with E-state index in [1.807, 2.05) is 24.3 Å². The summed E-state index contributed by atoms with van der Waals surface area (Å²) >= 11 is 17.7. The van der Waals surface area contributed by atoms with Crippen molar-refractivity contribution in [2.75, 3.05) is 12.5 Å². The van der Waals surface area contributed by atoms with Gasteiger partial charge in [0.1, 0.15) is 5.75 Å². The lowest BCUT2D eigenvalue weighted by molar-refractivity contribution is 0.416. The fraction of sp³-hybridized carbons (Fsp3) is 0.125. The quantitative estimate of drug-likeness (QED) is 0.631. The zero-order chi connectivity index (χ0) is 17.1. The number of methoxy groups -OCH3 is 1. The smallest absolute Gasteiger partial charge is 0.214 e. The van der Waals surface area contributed by atoms with Gasteiger partial charge < -0.3 is 10.2 Å². The Kier molecular flexibility index (Phi) is 5.08. The third-order valence-corrected chi connectivity index (χ3v) is 4.48. The molecule has 0 aliphatic heterocycles. The fourth-order valence-corrected chi connectivity index (χ4v) is 3.04. The molecule has 1 heterocycles. The number of aromatic nitrogens is 3. The fourth-order valence-electron chi connectivity index (χ4n) is 2.31. The van der Waals surface area contributed by atoms with Crippen molar-refractivity contribution in [2.24, 2.45) is 0 Å². The number of nitrogens with one attached hydrogen (secondary N) is 2. The highest BCUT2D eigenvalue weighted by Gasteiger charge is 2.14. The summed E-state index contributed by atoms with van der Waals surface area (Å²) in [4.78, 5) is 0. The summed E-state index contributed by atoms with van der Waals surface area (Å²) in [5, 5.41) is 8.25. The van der Waals surface area contributed by atoms with Crippen LogP contribution in [0.4, 0.5) is 0 Å². The minimum Gasteiger partial charge on any atom is -0.496 e. The van der Waals surface area contributed by atoms with Crippen LogP contribution in [0.15, 0.2) is 42.5 Å². The first-order valence-corrected chi connectivity index (χ1v) is 8.26. The van der Waals surface area contributed by atoms with E-state index in [4.69, 9.17) is 40.2 Å². The molecule has 3 aromatic rings. The van der Waals surface area contributed by atoms with Crippen LogP contribution >= 0.6 is 35.4 Å². The average Bonchev–Trinajstić information content (AvgIpc) is 2.95. The van der Waals surface area contributed by atoms with Crippen molar-refractivity contribution in [3.05, 3.63) is 62.8 Å². The van der Waals surface area contributed by atoms with Crippen molar-refractivity contribution in [3.63, 3.8) is 0 Å². The molecule has 0 amide bonds. The molecule has 0 saturated heterocycles. The van der Waals surface area contributed by atoms with Crippen LogP contribution in [-0.4, -0.2) is 22.0 Å². The Balaban J connectivity index is 1.96. The third kappa shape index (κ3) is 3.26. The summed E-state index contributed by atoms with van der Waals surface area (Å²) in [7, 11) is 1.61. The zero-order valence-electron chi connectivity index (χ0n) is 12.7. The Morgan fingerprint density at radius 1 is 1.17 bits per heavy atom. The number of aromatic amines is 1. The molecule has 0 bridgehead atoms. The summed E-state index contributed by atoms with van der Waals surface area (Å²) < 4.78 is 7.50. The van der Waals surface area contributed by atoms with E-state index < -0.39 is 0 Å². The van der Waals surface area contributed by atoms with E-state index in [2.05, 4.69) is 15.6 Å². The first kappa shape index (κ1) is 16.8. The highest BCUT2D eigenvalue weighted by molar-refractivity contribution is 7.71. The van der Waals surface area contributed by atoms with Crippen molar-refractivity contribution in [1.29, 1.82) is 0 Å². The number of halogens is 2. The van der Waals surface area contributed by atoms with Crippen molar-refractivity contribution in [1.82, 2.24) is 14.9 Å². The molecule has 0 unspecified atom stereocenters. The van der Waals surface area contributed by atoms with Gasteiger partial charge in [-0.05, 0) is 36.5 Å². The number of hydrogen-bond acceptors (Lipinski definition) is 4. The average molecular weight is 381 g/mol. The summed E-state index contributed by atoms with van der Waals surface area (Å²) in [6.07, 6.45) is 0. The Morgan fingerprint density at radius 2 is 1.88 bits per heavy atom. The molecule has 24 heavy (non-hydrogen) atoms. The number of benzene rings is 2. The van der Waals surface area contributed by atoms with Gasteiger partial charge in [-0.1, -0.05) is 41.4 Å². The van der Waals surface area contributed by atoms with E-state index >= 15 is 0 Å². The van der Waals surface area contributed by atoms with Crippen LogP contribution in [0.2, 0.25) is 10.0 Å². The van der Waals surface area contributed by atoms with Crippen LogP contribution in [0, 0.1) is 4.77 Å². The lowest BCUT2D eigenvalue weighted by Crippen LogP contribution is -2.16. The normalized spacial score (nSPS) is 10.6. The molecule has 0 aliphatic carbocycles. The van der Waals surface area contributed by atoms with Crippen molar-refractivity contribution < 1.29 is 4.74 Å². The van der Waals surface area contributed by atoms with Crippen LogP contribution in [0.5, 0.6) is 5.75 Å². The Hall–Kier alpha value is -2.02. The summed E-state index contributed by atoms with van der Waals surface area (Å²) in [6.45, 7) is 0.397. The maximum Gasteiger partial charge on any atom is 0.214 e. The number of hydrogen-bond donors (Lipinski definition) is 2. The third-order valence-electron chi connectivity index (χ3n) is 3.50. The number of nitrogens with zero attached hydrogens (tertiary/aromatic N) is 2. The molecular weight excluding hydrogens is 367 g/mol. The Labute approximate surface area is 154 Å². The highest BCUT2D eigenvalue weighted by Crippen LogP contribution is 2.28. The standard InChI is InChI=1S/C16H14Cl2N4OS/c1-23-14-8-3-2-5-10(14)15-20-21-16(24)22(15)19-9-11-12(17)6-4-7-13(11)18/h2-8,19H,9H2,1H3,(H,21,24). The Morgan fingerprint density at radius 3 is 2.58 bits per heavy atom. The van der Waals surface area contributed by atoms with Crippen molar-refractivity contribution in [3.8, 4) is 17.1 Å². The van der Waals surface area contributed by atoms with Crippen LogP contribution in [0.1, 0.15) is 5.56 Å². The maximum atomic E-state index is 6.21. The zero-order valence-corrected chi connectivity index (χ0v) is 15.0. The van der Waals surface area contributed by atoms with Crippen molar-refractivity contribution in [2.45, 2.75) is 6.54 Å². The first-order valence-electron chi connectivity index (χ1n) is 7.09. The van der Waals surface area contributed by atoms with Crippen LogP contribution < -0.4 is 10.2 Å². The van der Waals surface area contributed by atoms with E-state index in [1.165, 1.54) is 0 Å². The molecule has 0 saturated carbocycles. The first-order chi connectivity index (χ1) is 11.6. The molecule has 0 atom stereocenters. The van der Waals surface area contributed by atoms with E-state index in [0.29, 0.717) is 32.9 Å². The second-order valence-corrected chi connectivity index (χ2v) is 6.12. The molecule has 5 nitrogen and oxygen atoms in total. The molecule has 0 aliphatic rings. The molecule has 2 N–H and O–H groups in total. The van der Waals surface area contributed by atoms with Gasteiger partial charge in [0.15, 0.2) is 5.82 Å². The monoisotopic (exact) mass is 380 g/mol.